The van der Waals surface area contributed by atoms with E-state index in [1.54, 1.807) is 18.5 Å². The topological polar surface area (TPSA) is 78.4 Å². The number of ether oxygens (including phenoxy) is 1. The molecule has 3 heterocycles. The van der Waals surface area contributed by atoms with Crippen LogP contribution in [0.2, 0.25) is 10.0 Å². The van der Waals surface area contributed by atoms with E-state index in [0.717, 1.165) is 16.7 Å². The van der Waals surface area contributed by atoms with Crippen molar-refractivity contribution in [2.24, 2.45) is 0 Å². The first-order valence-electron chi connectivity index (χ1n) is 8.45. The fraction of sp³-hybridized carbons (Fsp3) is 0.100. The summed E-state index contributed by atoms with van der Waals surface area (Å²) in [6.45, 7) is 0.137. The molecule has 0 saturated carbocycles. The van der Waals surface area contributed by atoms with E-state index in [9.17, 15) is 9.18 Å². The van der Waals surface area contributed by atoms with E-state index < -0.39 is 5.82 Å². The van der Waals surface area contributed by atoms with E-state index in [1.807, 2.05) is 6.07 Å². The Bertz CT molecular complexity index is 1220. The molecule has 0 amide bonds. The molecule has 0 radical (unpaired) electrons. The number of carbonyl (C=O) groups excluding carboxylic acids is 1. The number of aromatic nitrogens is 1. The van der Waals surface area contributed by atoms with Gasteiger partial charge in [-0.25, -0.2) is 9.37 Å². The second-order valence-corrected chi connectivity index (χ2v) is 8.01. The maximum Gasteiger partial charge on any atom is 0.205 e. The molecule has 1 aromatic carbocycles. The number of thiophene rings is 1. The number of fused-ring (bicyclic) bond motifs is 1. The first kappa shape index (κ1) is 19.7. The van der Waals surface area contributed by atoms with E-state index in [0.29, 0.717) is 26.4 Å². The number of hydrogen-bond donors (Lipinski definition) is 1. The highest BCUT2D eigenvalue weighted by Gasteiger charge is 2.18. The van der Waals surface area contributed by atoms with Crippen molar-refractivity contribution in [3.63, 3.8) is 0 Å². The van der Waals surface area contributed by atoms with E-state index in [2.05, 4.69) is 4.98 Å². The van der Waals surface area contributed by atoms with Crippen LogP contribution < -0.4 is 10.5 Å². The minimum Gasteiger partial charge on any atom is -0.486 e. The molecule has 0 aliphatic heterocycles. The summed E-state index contributed by atoms with van der Waals surface area (Å²) >= 11 is 13.4. The van der Waals surface area contributed by atoms with Gasteiger partial charge in [0.2, 0.25) is 5.75 Å². The van der Waals surface area contributed by atoms with Gasteiger partial charge in [-0.2, -0.15) is 0 Å². The summed E-state index contributed by atoms with van der Waals surface area (Å²) in [7, 11) is 0. The van der Waals surface area contributed by atoms with Crippen LogP contribution in [-0.4, -0.2) is 17.9 Å². The summed E-state index contributed by atoms with van der Waals surface area (Å²) in [6, 6.07) is 6.23. The third-order valence-electron chi connectivity index (χ3n) is 4.35. The average Bonchev–Trinajstić information content (AvgIpc) is 3.35. The van der Waals surface area contributed by atoms with Crippen molar-refractivity contribution in [2.45, 2.75) is 6.42 Å². The van der Waals surface area contributed by atoms with Crippen LogP contribution in [0.5, 0.6) is 5.75 Å². The van der Waals surface area contributed by atoms with Crippen molar-refractivity contribution >= 4 is 57.6 Å². The highest BCUT2D eigenvalue weighted by atomic mass is 35.5. The molecule has 0 aliphatic carbocycles. The van der Waals surface area contributed by atoms with Gasteiger partial charge < -0.3 is 14.9 Å². The van der Waals surface area contributed by atoms with Gasteiger partial charge in [0, 0.05) is 28.1 Å². The number of anilines is 1. The van der Waals surface area contributed by atoms with Crippen molar-refractivity contribution in [1.82, 2.24) is 4.98 Å². The number of pyridine rings is 1. The lowest BCUT2D eigenvalue weighted by Gasteiger charge is -2.11. The van der Waals surface area contributed by atoms with Gasteiger partial charge in [-0.3, -0.25) is 4.79 Å². The number of carbonyl (C=O) groups is 1. The van der Waals surface area contributed by atoms with E-state index in [1.165, 1.54) is 23.5 Å². The Hall–Kier alpha value is -2.61. The maximum atomic E-state index is 13.7. The molecule has 0 spiro atoms. The smallest absolute Gasteiger partial charge is 0.205 e. The Morgan fingerprint density at radius 2 is 2.10 bits per heavy atom. The molecule has 29 heavy (non-hydrogen) atoms. The lowest BCUT2D eigenvalue weighted by atomic mass is 10.1. The van der Waals surface area contributed by atoms with Crippen molar-refractivity contribution in [3.05, 3.63) is 63.0 Å². The molecule has 0 atom stereocenters. The number of nitrogen functional groups attached to an aromatic ring is 1. The number of rotatable bonds is 6. The van der Waals surface area contributed by atoms with Gasteiger partial charge in [0.1, 0.15) is 12.1 Å². The minimum absolute atomic E-state index is 0.0330. The van der Waals surface area contributed by atoms with Gasteiger partial charge in [-0.05, 0) is 29.8 Å². The second kappa shape index (κ2) is 8.02. The standard InChI is InChI=1S/C20H13Cl2FN2O3S/c21-14-2-3-15(23)17(22)11(14)5-6-27-19-18-12(7-25-20(19)24)13(9-28-18)16-4-1-10(8-26)29-16/h1-4,7-9H,5-6H2,(H2,24,25). The molecule has 0 aliphatic rings. The highest BCUT2D eigenvalue weighted by Crippen LogP contribution is 2.40. The first-order valence-corrected chi connectivity index (χ1v) is 10.0. The number of halogens is 3. The Balaban J connectivity index is 1.62. The zero-order valence-electron chi connectivity index (χ0n) is 14.7. The van der Waals surface area contributed by atoms with Crippen LogP contribution in [0.1, 0.15) is 15.2 Å². The normalized spacial score (nSPS) is 11.1. The van der Waals surface area contributed by atoms with Crippen LogP contribution in [0.15, 0.2) is 41.1 Å². The summed E-state index contributed by atoms with van der Waals surface area (Å²) in [4.78, 5) is 16.6. The number of aldehydes is 1. The van der Waals surface area contributed by atoms with Crippen molar-refractivity contribution < 1.29 is 18.3 Å². The molecule has 0 saturated heterocycles. The van der Waals surface area contributed by atoms with Gasteiger partial charge in [-0.15, -0.1) is 11.3 Å². The number of nitrogens with two attached hydrogens (primary N) is 1. The summed E-state index contributed by atoms with van der Waals surface area (Å²) < 4.78 is 25.2. The summed E-state index contributed by atoms with van der Waals surface area (Å²) in [5.74, 6) is -0.102. The average molecular weight is 451 g/mol. The molecule has 148 valence electrons. The molecule has 2 N–H and O–H groups in total. The number of nitrogens with zero attached hydrogens (tertiary/aromatic N) is 1. The molecule has 9 heteroatoms. The van der Waals surface area contributed by atoms with E-state index >= 15 is 0 Å². The van der Waals surface area contributed by atoms with E-state index in [4.69, 9.17) is 38.1 Å². The fourth-order valence-electron chi connectivity index (χ4n) is 2.92. The third-order valence-corrected chi connectivity index (χ3v) is 6.15. The Morgan fingerprint density at radius 3 is 2.86 bits per heavy atom. The summed E-state index contributed by atoms with van der Waals surface area (Å²) in [5.41, 5.74) is 7.64. The van der Waals surface area contributed by atoms with Gasteiger partial charge in [0.15, 0.2) is 17.7 Å². The van der Waals surface area contributed by atoms with Gasteiger partial charge in [0.25, 0.3) is 0 Å². The van der Waals surface area contributed by atoms with Crippen molar-refractivity contribution in [1.29, 1.82) is 0 Å². The molecular formula is C20H13Cl2FN2O3S. The number of furan rings is 1. The zero-order valence-corrected chi connectivity index (χ0v) is 17.1. The molecule has 0 unspecified atom stereocenters. The number of hydrogen-bond acceptors (Lipinski definition) is 6. The van der Waals surface area contributed by atoms with Gasteiger partial charge >= 0.3 is 0 Å². The lowest BCUT2D eigenvalue weighted by molar-refractivity contribution is 0.112. The first-order chi connectivity index (χ1) is 14.0. The quantitative estimate of drug-likeness (QED) is 0.287. The predicted molar refractivity (Wildman–Crippen MR) is 113 cm³/mol. The van der Waals surface area contributed by atoms with Crippen LogP contribution >= 0.6 is 34.5 Å². The van der Waals surface area contributed by atoms with Crippen LogP contribution in [-0.2, 0) is 6.42 Å². The fourth-order valence-corrected chi connectivity index (χ4v) is 4.33. The Kier molecular flexibility index (Phi) is 5.45. The van der Waals surface area contributed by atoms with Crippen molar-refractivity contribution in [3.8, 4) is 16.2 Å². The highest BCUT2D eigenvalue weighted by molar-refractivity contribution is 7.17. The van der Waals surface area contributed by atoms with Gasteiger partial charge in [0.05, 0.1) is 21.9 Å². The molecule has 3 aromatic heterocycles. The number of benzene rings is 1. The predicted octanol–water partition coefficient (Wildman–Crippen LogP) is 6.02. The van der Waals surface area contributed by atoms with Gasteiger partial charge in [-0.1, -0.05) is 23.2 Å². The minimum atomic E-state index is -0.546. The lowest BCUT2D eigenvalue weighted by Crippen LogP contribution is -2.06. The molecule has 4 rings (SSSR count). The zero-order chi connectivity index (χ0) is 20.5. The molecule has 0 bridgehead atoms. The van der Waals surface area contributed by atoms with E-state index in [-0.39, 0.29) is 29.6 Å². The summed E-state index contributed by atoms with van der Waals surface area (Å²) in [5, 5.41) is 1.03. The van der Waals surface area contributed by atoms with Crippen LogP contribution in [0.3, 0.4) is 0 Å². The van der Waals surface area contributed by atoms with Crippen molar-refractivity contribution in [2.75, 3.05) is 12.3 Å². The largest absolute Gasteiger partial charge is 0.486 e. The maximum absolute atomic E-state index is 13.7. The monoisotopic (exact) mass is 450 g/mol. The SMILES string of the molecule is Nc1ncc2c(-c3ccc(C=O)s3)coc2c1OCCc1c(Cl)ccc(F)c1Cl. The second-order valence-electron chi connectivity index (χ2n) is 6.10. The summed E-state index contributed by atoms with van der Waals surface area (Å²) in [6.07, 6.45) is 4.23. The molecule has 4 aromatic rings. The molecule has 5 nitrogen and oxygen atoms in total. The Labute approximate surface area is 178 Å². The van der Waals surface area contributed by atoms with Crippen LogP contribution in [0.25, 0.3) is 21.4 Å². The van der Waals surface area contributed by atoms with Crippen LogP contribution in [0.4, 0.5) is 10.2 Å². The van der Waals surface area contributed by atoms with Crippen LogP contribution in [0, 0.1) is 5.82 Å². The third kappa shape index (κ3) is 3.69. The molecule has 0 fully saturated rings. The molecular weight excluding hydrogens is 438 g/mol. The Morgan fingerprint density at radius 1 is 1.28 bits per heavy atom.